The Hall–Kier alpha value is -1.82. The van der Waals surface area contributed by atoms with Crippen LogP contribution in [0.2, 0.25) is 0 Å². The van der Waals surface area contributed by atoms with Crippen LogP contribution >= 0.6 is 11.3 Å². The number of carbonyl (C=O) groups is 1. The van der Waals surface area contributed by atoms with Gasteiger partial charge in [-0.2, -0.15) is 0 Å². The summed E-state index contributed by atoms with van der Waals surface area (Å²) in [6.45, 7) is 0. The molecule has 6 heteroatoms. The van der Waals surface area contributed by atoms with Crippen LogP contribution in [0, 0.1) is 11.6 Å². The van der Waals surface area contributed by atoms with Gasteiger partial charge in [-0.3, -0.25) is 0 Å². The molecule has 1 N–H and O–H groups in total. The number of aromatic carboxylic acids is 1. The molecule has 0 spiro atoms. The minimum absolute atomic E-state index is 0.0133. The quantitative estimate of drug-likeness (QED) is 0.934. The van der Waals surface area contributed by atoms with Crippen molar-refractivity contribution in [3.05, 3.63) is 40.4 Å². The lowest BCUT2D eigenvalue weighted by molar-refractivity contribution is 0.0700. The second-order valence-electron chi connectivity index (χ2n) is 4.44. The number of thiazole rings is 1. The molecule has 2 aromatic rings. The van der Waals surface area contributed by atoms with Crippen molar-refractivity contribution in [3.8, 4) is 10.6 Å². The van der Waals surface area contributed by atoms with E-state index >= 15 is 0 Å². The number of nitrogens with zero attached hydrogens (tertiary/aromatic N) is 1. The number of carboxylic acids is 1. The fourth-order valence-corrected chi connectivity index (χ4v) is 2.90. The number of halogens is 2. The van der Waals surface area contributed by atoms with Gasteiger partial charge in [-0.05, 0) is 31.0 Å². The summed E-state index contributed by atoms with van der Waals surface area (Å²) in [7, 11) is 0. The molecule has 1 heterocycles. The maximum atomic E-state index is 13.7. The number of aromatic nitrogens is 1. The fraction of sp³-hybridized carbons (Fsp3) is 0.231. The highest BCUT2D eigenvalue weighted by Crippen LogP contribution is 2.44. The molecule has 98 valence electrons. The van der Waals surface area contributed by atoms with Gasteiger partial charge in [0.15, 0.2) is 0 Å². The zero-order chi connectivity index (χ0) is 13.6. The van der Waals surface area contributed by atoms with E-state index in [1.807, 2.05) is 0 Å². The highest BCUT2D eigenvalue weighted by molar-refractivity contribution is 7.17. The molecule has 1 saturated carbocycles. The van der Waals surface area contributed by atoms with Gasteiger partial charge in [0.05, 0.1) is 5.69 Å². The Balaban J connectivity index is 2.12. The van der Waals surface area contributed by atoms with E-state index < -0.39 is 17.6 Å². The summed E-state index contributed by atoms with van der Waals surface area (Å²) in [6.07, 6.45) is 1.80. The average molecular weight is 281 g/mol. The molecule has 0 radical (unpaired) electrons. The lowest BCUT2D eigenvalue weighted by Gasteiger charge is -1.98. The third kappa shape index (κ3) is 2.23. The van der Waals surface area contributed by atoms with E-state index in [0.29, 0.717) is 5.69 Å². The third-order valence-corrected chi connectivity index (χ3v) is 4.06. The van der Waals surface area contributed by atoms with Crippen molar-refractivity contribution in [3.63, 3.8) is 0 Å². The zero-order valence-electron chi connectivity index (χ0n) is 9.69. The SMILES string of the molecule is O=C(O)c1sc(-c2cc(F)ccc2F)nc1C1CC1. The van der Waals surface area contributed by atoms with Crippen LogP contribution in [0.4, 0.5) is 8.78 Å². The standard InChI is InChI=1S/C13H9F2NO2S/c14-7-3-4-9(15)8(5-7)12-16-10(6-1-2-6)11(19-12)13(17)18/h3-6H,1-2H2,(H,17,18). The zero-order valence-corrected chi connectivity index (χ0v) is 10.5. The first-order chi connectivity index (χ1) is 9.06. The molecule has 0 aliphatic heterocycles. The van der Waals surface area contributed by atoms with Gasteiger partial charge >= 0.3 is 5.97 Å². The Morgan fingerprint density at radius 3 is 2.74 bits per heavy atom. The van der Waals surface area contributed by atoms with Gasteiger partial charge in [0, 0.05) is 11.5 Å². The molecule has 1 aromatic carbocycles. The molecule has 3 rings (SSSR count). The van der Waals surface area contributed by atoms with E-state index in [1.54, 1.807) is 0 Å². The number of hydrogen-bond donors (Lipinski definition) is 1. The first-order valence-electron chi connectivity index (χ1n) is 5.75. The van der Waals surface area contributed by atoms with Crippen LogP contribution in [0.25, 0.3) is 10.6 Å². The van der Waals surface area contributed by atoms with Gasteiger partial charge in [-0.25, -0.2) is 18.6 Å². The lowest BCUT2D eigenvalue weighted by atomic mass is 10.2. The van der Waals surface area contributed by atoms with Crippen LogP contribution in [0.5, 0.6) is 0 Å². The summed E-state index contributed by atoms with van der Waals surface area (Å²) < 4.78 is 26.8. The molecule has 0 bridgehead atoms. The summed E-state index contributed by atoms with van der Waals surface area (Å²) in [5, 5.41) is 9.35. The molecule has 1 aliphatic rings. The Morgan fingerprint density at radius 2 is 2.11 bits per heavy atom. The third-order valence-electron chi connectivity index (χ3n) is 2.97. The Kier molecular flexibility index (Phi) is 2.82. The normalized spacial score (nSPS) is 14.6. The predicted octanol–water partition coefficient (Wildman–Crippen LogP) is 3.66. The van der Waals surface area contributed by atoms with Gasteiger partial charge in [-0.1, -0.05) is 0 Å². The molecule has 19 heavy (non-hydrogen) atoms. The predicted molar refractivity (Wildman–Crippen MR) is 66.4 cm³/mol. The van der Waals surface area contributed by atoms with E-state index in [4.69, 9.17) is 5.11 Å². The van der Waals surface area contributed by atoms with Crippen molar-refractivity contribution in [2.75, 3.05) is 0 Å². The highest BCUT2D eigenvalue weighted by atomic mass is 32.1. The molecule has 0 unspecified atom stereocenters. The number of rotatable bonds is 3. The van der Waals surface area contributed by atoms with E-state index in [9.17, 15) is 13.6 Å². The summed E-state index contributed by atoms with van der Waals surface area (Å²) in [4.78, 5) is 15.5. The molecule has 1 aromatic heterocycles. The lowest BCUT2D eigenvalue weighted by Crippen LogP contribution is -1.97. The molecule has 0 atom stereocenters. The Labute approximate surface area is 111 Å². The largest absolute Gasteiger partial charge is 0.477 e. The first-order valence-corrected chi connectivity index (χ1v) is 6.57. The summed E-state index contributed by atoms with van der Waals surface area (Å²) in [5.41, 5.74) is 0.510. The van der Waals surface area contributed by atoms with Gasteiger partial charge in [0.1, 0.15) is 21.5 Å². The smallest absolute Gasteiger partial charge is 0.347 e. The number of carboxylic acid groups (broad SMARTS) is 1. The fourth-order valence-electron chi connectivity index (χ4n) is 1.90. The van der Waals surface area contributed by atoms with E-state index in [1.165, 1.54) is 0 Å². The van der Waals surface area contributed by atoms with Crippen molar-refractivity contribution in [2.45, 2.75) is 18.8 Å². The minimum atomic E-state index is -1.07. The summed E-state index contributed by atoms with van der Waals surface area (Å²) in [5.74, 6) is -2.10. The van der Waals surface area contributed by atoms with Crippen LogP contribution < -0.4 is 0 Å². The number of hydrogen-bond acceptors (Lipinski definition) is 3. The van der Waals surface area contributed by atoms with Crippen molar-refractivity contribution >= 4 is 17.3 Å². The van der Waals surface area contributed by atoms with Gasteiger partial charge in [0.2, 0.25) is 0 Å². The maximum Gasteiger partial charge on any atom is 0.347 e. The average Bonchev–Trinajstić information content (AvgIpc) is 3.11. The first kappa shape index (κ1) is 12.2. The van der Waals surface area contributed by atoms with Crippen LogP contribution in [0.3, 0.4) is 0 Å². The van der Waals surface area contributed by atoms with E-state index in [-0.39, 0.29) is 21.4 Å². The van der Waals surface area contributed by atoms with Crippen molar-refractivity contribution in [2.24, 2.45) is 0 Å². The second kappa shape index (κ2) is 4.38. The van der Waals surface area contributed by atoms with Crippen LogP contribution in [-0.4, -0.2) is 16.1 Å². The molecular formula is C13H9F2NO2S. The van der Waals surface area contributed by atoms with Crippen molar-refractivity contribution in [1.82, 2.24) is 4.98 Å². The second-order valence-corrected chi connectivity index (χ2v) is 5.44. The van der Waals surface area contributed by atoms with Crippen molar-refractivity contribution < 1.29 is 18.7 Å². The highest BCUT2D eigenvalue weighted by Gasteiger charge is 2.32. The van der Waals surface area contributed by atoms with Gasteiger partial charge < -0.3 is 5.11 Å². The molecule has 0 saturated heterocycles. The van der Waals surface area contributed by atoms with Crippen LogP contribution in [0.15, 0.2) is 18.2 Å². The van der Waals surface area contributed by atoms with E-state index in [2.05, 4.69) is 4.98 Å². The van der Waals surface area contributed by atoms with Gasteiger partial charge in [-0.15, -0.1) is 11.3 Å². The monoisotopic (exact) mass is 281 g/mol. The topological polar surface area (TPSA) is 50.2 Å². The molecule has 0 amide bonds. The molecule has 1 aliphatic carbocycles. The van der Waals surface area contributed by atoms with E-state index in [0.717, 1.165) is 42.4 Å². The molecule has 1 fully saturated rings. The minimum Gasteiger partial charge on any atom is -0.477 e. The number of benzene rings is 1. The maximum absolute atomic E-state index is 13.7. The van der Waals surface area contributed by atoms with Crippen molar-refractivity contribution in [1.29, 1.82) is 0 Å². The van der Waals surface area contributed by atoms with Crippen LogP contribution in [-0.2, 0) is 0 Å². The Bertz CT molecular complexity index is 665. The summed E-state index contributed by atoms with van der Waals surface area (Å²) >= 11 is 0.895. The van der Waals surface area contributed by atoms with Crippen LogP contribution in [0.1, 0.15) is 34.1 Å². The summed E-state index contributed by atoms with van der Waals surface area (Å²) in [6, 6.07) is 3.08. The van der Waals surface area contributed by atoms with Gasteiger partial charge in [0.25, 0.3) is 0 Å². The molecule has 3 nitrogen and oxygen atoms in total. The molecular weight excluding hydrogens is 272 g/mol. The Morgan fingerprint density at radius 1 is 1.37 bits per heavy atom.